The molecule has 0 aromatic carbocycles. The van der Waals surface area contributed by atoms with Gasteiger partial charge in [0.15, 0.2) is 0 Å². The normalized spacial score (nSPS) is 14.4. The zero-order valence-corrected chi connectivity index (χ0v) is 11.2. The molecule has 1 rings (SSSR count). The van der Waals surface area contributed by atoms with Gasteiger partial charge in [-0.05, 0) is 18.4 Å². The van der Waals surface area contributed by atoms with E-state index in [1.807, 2.05) is 24.4 Å². The van der Waals surface area contributed by atoms with Gasteiger partial charge < -0.3 is 14.7 Å². The van der Waals surface area contributed by atoms with Gasteiger partial charge in [-0.2, -0.15) is 0 Å². The first-order valence-electron chi connectivity index (χ1n) is 5.51. The number of carbonyl (C=O) groups is 1. The lowest BCUT2D eigenvalue weighted by atomic mass is 10.1. The van der Waals surface area contributed by atoms with Crippen LogP contribution in [0.1, 0.15) is 17.7 Å². The van der Waals surface area contributed by atoms with Gasteiger partial charge in [-0.15, -0.1) is 11.3 Å². The van der Waals surface area contributed by atoms with Crippen LogP contribution in [-0.2, 0) is 9.53 Å². The molecule has 0 fully saturated rings. The zero-order chi connectivity index (χ0) is 12.8. The summed E-state index contributed by atoms with van der Waals surface area (Å²) in [6.07, 6.45) is -0.635. The van der Waals surface area contributed by atoms with Crippen molar-refractivity contribution in [2.24, 2.45) is 0 Å². The third-order valence-corrected chi connectivity index (χ3v) is 3.62. The van der Waals surface area contributed by atoms with E-state index in [9.17, 15) is 9.90 Å². The third-order valence-electron chi connectivity index (χ3n) is 2.56. The smallest absolute Gasteiger partial charge is 0.230 e. The minimum Gasteiger partial charge on any atom is -0.389 e. The summed E-state index contributed by atoms with van der Waals surface area (Å²) in [5, 5.41) is 11.5. The fourth-order valence-electron chi connectivity index (χ4n) is 1.64. The number of aliphatic hydroxyl groups is 1. The Hall–Kier alpha value is -0.910. The average molecular weight is 257 g/mol. The molecule has 5 heteroatoms. The molecule has 96 valence electrons. The second kappa shape index (κ2) is 6.74. The Balaban J connectivity index is 2.52. The Kier molecular flexibility index (Phi) is 5.61. The lowest BCUT2D eigenvalue weighted by molar-refractivity contribution is -0.132. The van der Waals surface area contributed by atoms with Gasteiger partial charge in [-0.3, -0.25) is 4.79 Å². The summed E-state index contributed by atoms with van der Waals surface area (Å²) < 4.78 is 4.83. The number of amides is 1. The van der Waals surface area contributed by atoms with Crippen LogP contribution in [-0.4, -0.2) is 49.3 Å². The monoisotopic (exact) mass is 257 g/mol. The number of likely N-dealkylation sites (N-methyl/N-ethyl adjacent to an activating group) is 1. The molecule has 1 aromatic rings. The van der Waals surface area contributed by atoms with Crippen LogP contribution in [0.3, 0.4) is 0 Å². The van der Waals surface area contributed by atoms with Crippen molar-refractivity contribution in [3.05, 3.63) is 22.4 Å². The first-order chi connectivity index (χ1) is 8.06. The number of hydrogen-bond donors (Lipinski definition) is 1. The number of thiophene rings is 1. The van der Waals surface area contributed by atoms with Crippen LogP contribution in [0.15, 0.2) is 17.5 Å². The van der Waals surface area contributed by atoms with Crippen molar-refractivity contribution in [1.29, 1.82) is 0 Å². The number of methoxy groups -OCH3 is 1. The summed E-state index contributed by atoms with van der Waals surface area (Å²) in [6, 6.07) is 3.89. The van der Waals surface area contributed by atoms with E-state index in [2.05, 4.69) is 0 Å². The number of hydrogen-bond acceptors (Lipinski definition) is 4. The van der Waals surface area contributed by atoms with E-state index in [-0.39, 0.29) is 18.4 Å². The molecule has 0 spiro atoms. The second-order valence-electron chi connectivity index (χ2n) is 4.07. The van der Waals surface area contributed by atoms with Crippen molar-refractivity contribution < 1.29 is 14.6 Å². The number of ether oxygens (including phenoxy) is 1. The highest BCUT2D eigenvalue weighted by molar-refractivity contribution is 7.10. The van der Waals surface area contributed by atoms with Gasteiger partial charge in [0, 0.05) is 25.6 Å². The molecule has 0 aliphatic carbocycles. The SMILES string of the molecule is COCC(O)CN(C)C(=O)C(C)c1cccs1. The summed E-state index contributed by atoms with van der Waals surface area (Å²) >= 11 is 1.57. The first-order valence-corrected chi connectivity index (χ1v) is 6.39. The number of carbonyl (C=O) groups excluding carboxylic acids is 1. The van der Waals surface area contributed by atoms with Crippen LogP contribution >= 0.6 is 11.3 Å². The Morgan fingerprint density at radius 3 is 2.88 bits per heavy atom. The lowest BCUT2D eigenvalue weighted by Crippen LogP contribution is -2.38. The Bertz CT molecular complexity index is 340. The molecule has 0 aliphatic heterocycles. The minimum atomic E-state index is -0.635. The van der Waals surface area contributed by atoms with Crippen molar-refractivity contribution >= 4 is 17.2 Å². The molecule has 1 heterocycles. The van der Waals surface area contributed by atoms with Crippen molar-refractivity contribution in [1.82, 2.24) is 4.90 Å². The molecule has 1 aromatic heterocycles. The highest BCUT2D eigenvalue weighted by Crippen LogP contribution is 2.22. The molecule has 0 saturated carbocycles. The molecule has 4 nitrogen and oxygen atoms in total. The van der Waals surface area contributed by atoms with Gasteiger partial charge >= 0.3 is 0 Å². The third kappa shape index (κ3) is 4.11. The van der Waals surface area contributed by atoms with E-state index in [0.29, 0.717) is 6.54 Å². The van der Waals surface area contributed by atoms with E-state index in [1.165, 1.54) is 7.11 Å². The van der Waals surface area contributed by atoms with Crippen LogP contribution in [0, 0.1) is 0 Å². The Morgan fingerprint density at radius 2 is 2.35 bits per heavy atom. The lowest BCUT2D eigenvalue weighted by Gasteiger charge is -2.23. The molecule has 17 heavy (non-hydrogen) atoms. The van der Waals surface area contributed by atoms with Crippen molar-refractivity contribution in [2.75, 3.05) is 27.3 Å². The van der Waals surface area contributed by atoms with Crippen LogP contribution < -0.4 is 0 Å². The summed E-state index contributed by atoms with van der Waals surface area (Å²) in [4.78, 5) is 14.7. The summed E-state index contributed by atoms with van der Waals surface area (Å²) in [6.45, 7) is 2.42. The van der Waals surface area contributed by atoms with E-state index >= 15 is 0 Å². The van der Waals surface area contributed by atoms with Crippen molar-refractivity contribution in [2.45, 2.75) is 18.9 Å². The highest BCUT2D eigenvalue weighted by atomic mass is 32.1. The molecular weight excluding hydrogens is 238 g/mol. The van der Waals surface area contributed by atoms with Gasteiger partial charge in [0.1, 0.15) is 0 Å². The van der Waals surface area contributed by atoms with E-state index in [1.54, 1.807) is 23.3 Å². The maximum Gasteiger partial charge on any atom is 0.230 e. The minimum absolute atomic E-state index is 0.0163. The Morgan fingerprint density at radius 1 is 1.65 bits per heavy atom. The number of nitrogens with zero attached hydrogens (tertiary/aromatic N) is 1. The Labute approximate surface area is 106 Å². The molecule has 2 unspecified atom stereocenters. The highest BCUT2D eigenvalue weighted by Gasteiger charge is 2.21. The van der Waals surface area contributed by atoms with Crippen molar-refractivity contribution in [3.63, 3.8) is 0 Å². The molecule has 0 saturated heterocycles. The van der Waals surface area contributed by atoms with Crippen molar-refractivity contribution in [3.8, 4) is 0 Å². The average Bonchev–Trinajstić information content (AvgIpc) is 2.80. The molecule has 1 amide bonds. The quantitative estimate of drug-likeness (QED) is 0.836. The number of aliphatic hydroxyl groups excluding tert-OH is 1. The zero-order valence-electron chi connectivity index (χ0n) is 10.4. The van der Waals surface area contributed by atoms with Crippen LogP contribution in [0.2, 0.25) is 0 Å². The molecule has 2 atom stereocenters. The molecule has 0 bridgehead atoms. The van der Waals surface area contributed by atoms with E-state index in [0.717, 1.165) is 4.88 Å². The fraction of sp³-hybridized carbons (Fsp3) is 0.583. The molecule has 1 N–H and O–H groups in total. The summed E-state index contributed by atoms with van der Waals surface area (Å²) in [5.74, 6) is -0.141. The largest absolute Gasteiger partial charge is 0.389 e. The summed E-state index contributed by atoms with van der Waals surface area (Å²) in [7, 11) is 3.23. The predicted octanol–water partition coefficient (Wildman–Crippen LogP) is 1.32. The maximum atomic E-state index is 12.1. The van der Waals surface area contributed by atoms with Gasteiger partial charge in [-0.25, -0.2) is 0 Å². The van der Waals surface area contributed by atoms with Gasteiger partial charge in [0.05, 0.1) is 18.6 Å². The molecule has 0 radical (unpaired) electrons. The van der Waals surface area contributed by atoms with Gasteiger partial charge in [0.2, 0.25) is 5.91 Å². The van der Waals surface area contributed by atoms with Crippen LogP contribution in [0.5, 0.6) is 0 Å². The topological polar surface area (TPSA) is 49.8 Å². The van der Waals surface area contributed by atoms with E-state index < -0.39 is 6.10 Å². The van der Waals surface area contributed by atoms with Crippen LogP contribution in [0.25, 0.3) is 0 Å². The second-order valence-corrected chi connectivity index (χ2v) is 5.04. The predicted molar refractivity (Wildman–Crippen MR) is 68.3 cm³/mol. The maximum absolute atomic E-state index is 12.1. The van der Waals surface area contributed by atoms with Crippen LogP contribution in [0.4, 0.5) is 0 Å². The fourth-order valence-corrected chi connectivity index (χ4v) is 2.42. The molecular formula is C12H19NO3S. The summed E-state index contributed by atoms with van der Waals surface area (Å²) in [5.41, 5.74) is 0. The number of rotatable bonds is 6. The van der Waals surface area contributed by atoms with Gasteiger partial charge in [0.25, 0.3) is 0 Å². The first kappa shape index (κ1) is 14.2. The van der Waals surface area contributed by atoms with E-state index in [4.69, 9.17) is 4.74 Å². The molecule has 0 aliphatic rings. The van der Waals surface area contributed by atoms with Gasteiger partial charge in [-0.1, -0.05) is 6.07 Å². The standard InChI is InChI=1S/C12H19NO3S/c1-9(11-5-4-6-17-11)12(15)13(2)7-10(14)8-16-3/h4-6,9-10,14H,7-8H2,1-3H3.